The summed E-state index contributed by atoms with van der Waals surface area (Å²) < 4.78 is 21.7. The zero-order chi connectivity index (χ0) is 23.3. The summed E-state index contributed by atoms with van der Waals surface area (Å²) in [4.78, 5) is 34.5. The molecule has 3 rings (SSSR count). The molecule has 0 bridgehead atoms. The number of nitrogens with zero attached hydrogens (tertiary/aromatic N) is 3. The fourth-order valence-electron chi connectivity index (χ4n) is 3.14. The fraction of sp³-hybridized carbons (Fsp3) is 0.286. The highest BCUT2D eigenvalue weighted by atomic mass is 16.7. The van der Waals surface area contributed by atoms with E-state index in [4.69, 9.17) is 18.9 Å². The molecule has 0 N–H and O–H groups in total. The van der Waals surface area contributed by atoms with Gasteiger partial charge in [0, 0.05) is 37.2 Å². The number of hydrogen-bond acceptors (Lipinski definition) is 9. The first-order valence-corrected chi connectivity index (χ1v) is 9.47. The number of aryl methyl sites for hydroxylation is 1. The van der Waals surface area contributed by atoms with Crippen LogP contribution in [0.15, 0.2) is 42.6 Å². The van der Waals surface area contributed by atoms with Crippen LogP contribution in [0.5, 0.6) is 5.75 Å². The van der Waals surface area contributed by atoms with Crippen molar-refractivity contribution in [1.82, 2.24) is 9.78 Å². The number of esters is 1. The van der Waals surface area contributed by atoms with Crippen LogP contribution in [-0.4, -0.2) is 47.2 Å². The van der Waals surface area contributed by atoms with Crippen molar-refractivity contribution >= 4 is 28.7 Å². The van der Waals surface area contributed by atoms with Crippen molar-refractivity contribution in [3.05, 3.63) is 63.8 Å². The summed E-state index contributed by atoms with van der Waals surface area (Å²) in [5.74, 6) is -0.717. The Bertz CT molecular complexity index is 1140. The van der Waals surface area contributed by atoms with E-state index in [1.807, 2.05) is 25.3 Å². The molecule has 168 valence electrons. The molecular formula is C21H21N3O8. The van der Waals surface area contributed by atoms with E-state index in [2.05, 4.69) is 5.10 Å². The van der Waals surface area contributed by atoms with Crippen LogP contribution in [0.1, 0.15) is 11.1 Å². The molecule has 0 spiro atoms. The maximum absolute atomic E-state index is 12.2. The second-order valence-corrected chi connectivity index (χ2v) is 6.87. The van der Waals surface area contributed by atoms with E-state index in [1.165, 1.54) is 31.4 Å². The van der Waals surface area contributed by atoms with Gasteiger partial charge in [-0.15, -0.1) is 0 Å². The monoisotopic (exact) mass is 443 g/mol. The molecule has 1 heterocycles. The van der Waals surface area contributed by atoms with E-state index in [-0.39, 0.29) is 17.9 Å². The van der Waals surface area contributed by atoms with Gasteiger partial charge < -0.3 is 18.9 Å². The van der Waals surface area contributed by atoms with Gasteiger partial charge in [0.1, 0.15) is 12.5 Å². The van der Waals surface area contributed by atoms with Gasteiger partial charge in [0.25, 0.3) is 5.69 Å². The van der Waals surface area contributed by atoms with Crippen molar-refractivity contribution in [1.29, 1.82) is 0 Å². The SMILES string of the molecule is COCn1cc2cc(CC(OC(=O)Oc3ccc([N+](=O)[O-])cc3)C(=O)OC)cc(C)c2n1. The summed E-state index contributed by atoms with van der Waals surface area (Å²) in [5.41, 5.74) is 2.24. The summed E-state index contributed by atoms with van der Waals surface area (Å²) in [6.07, 6.45) is -0.531. The van der Waals surface area contributed by atoms with Crippen LogP contribution in [0.2, 0.25) is 0 Å². The normalized spacial score (nSPS) is 11.7. The van der Waals surface area contributed by atoms with Crippen molar-refractivity contribution in [3.8, 4) is 5.75 Å². The number of nitro benzene ring substituents is 1. The number of ether oxygens (including phenoxy) is 4. The highest BCUT2D eigenvalue weighted by Crippen LogP contribution is 2.22. The van der Waals surface area contributed by atoms with E-state index in [0.717, 1.165) is 22.0 Å². The topological polar surface area (TPSA) is 132 Å². The molecule has 1 unspecified atom stereocenters. The summed E-state index contributed by atoms with van der Waals surface area (Å²) in [5, 5.41) is 16.0. The van der Waals surface area contributed by atoms with Crippen molar-refractivity contribution in [2.24, 2.45) is 0 Å². The molecule has 11 nitrogen and oxygen atoms in total. The van der Waals surface area contributed by atoms with Gasteiger partial charge in [0.2, 0.25) is 6.10 Å². The third-order valence-corrected chi connectivity index (χ3v) is 4.54. The number of carbonyl (C=O) groups excluding carboxylic acids is 2. The molecule has 1 aromatic heterocycles. The number of methoxy groups -OCH3 is 2. The lowest BCUT2D eigenvalue weighted by molar-refractivity contribution is -0.384. The van der Waals surface area contributed by atoms with Gasteiger partial charge in [0.05, 0.1) is 17.5 Å². The van der Waals surface area contributed by atoms with Gasteiger partial charge in [-0.25, -0.2) is 14.3 Å². The van der Waals surface area contributed by atoms with Crippen molar-refractivity contribution in [2.75, 3.05) is 14.2 Å². The summed E-state index contributed by atoms with van der Waals surface area (Å²) in [6, 6.07) is 8.54. The Morgan fingerprint density at radius 3 is 2.53 bits per heavy atom. The summed E-state index contributed by atoms with van der Waals surface area (Å²) in [6.45, 7) is 2.18. The van der Waals surface area contributed by atoms with E-state index in [9.17, 15) is 19.7 Å². The van der Waals surface area contributed by atoms with Gasteiger partial charge in [-0.3, -0.25) is 10.1 Å². The van der Waals surface area contributed by atoms with Gasteiger partial charge >= 0.3 is 12.1 Å². The number of hydrogen-bond donors (Lipinski definition) is 0. The lowest BCUT2D eigenvalue weighted by atomic mass is 10.0. The molecule has 0 aliphatic heterocycles. The zero-order valence-corrected chi connectivity index (χ0v) is 17.6. The minimum absolute atomic E-state index is 0.0343. The minimum Gasteiger partial charge on any atom is -0.466 e. The molecule has 3 aromatic rings. The maximum Gasteiger partial charge on any atom is 0.514 e. The summed E-state index contributed by atoms with van der Waals surface area (Å²) >= 11 is 0. The van der Waals surface area contributed by atoms with E-state index < -0.39 is 23.2 Å². The average Bonchev–Trinajstić information content (AvgIpc) is 3.16. The Labute approximate surface area is 182 Å². The van der Waals surface area contributed by atoms with Crippen LogP contribution in [0.25, 0.3) is 10.9 Å². The number of aromatic nitrogens is 2. The first-order valence-electron chi connectivity index (χ1n) is 9.47. The Kier molecular flexibility index (Phi) is 7.00. The average molecular weight is 443 g/mol. The van der Waals surface area contributed by atoms with Gasteiger partial charge in [-0.05, 0) is 36.2 Å². The van der Waals surface area contributed by atoms with Crippen LogP contribution in [-0.2, 0) is 32.2 Å². The molecule has 0 amide bonds. The number of fused-ring (bicyclic) bond motifs is 1. The summed E-state index contributed by atoms with van der Waals surface area (Å²) in [7, 11) is 2.75. The van der Waals surface area contributed by atoms with Crippen LogP contribution in [0.4, 0.5) is 10.5 Å². The first-order chi connectivity index (χ1) is 15.3. The maximum atomic E-state index is 12.2. The molecule has 0 aliphatic rings. The standard InChI is InChI=1S/C21H21N3O8/c1-13-8-14(9-15-11-23(12-29-2)22-19(13)15)10-18(20(25)30-3)32-21(26)31-17-6-4-16(5-7-17)24(27)28/h4-9,11,18H,10,12H2,1-3H3. The van der Waals surface area contributed by atoms with E-state index in [1.54, 1.807) is 11.8 Å². The molecule has 0 radical (unpaired) electrons. The predicted octanol–water partition coefficient (Wildman–Crippen LogP) is 3.16. The third-order valence-electron chi connectivity index (χ3n) is 4.54. The third kappa shape index (κ3) is 5.38. The van der Waals surface area contributed by atoms with Crippen molar-refractivity contribution in [2.45, 2.75) is 26.2 Å². The van der Waals surface area contributed by atoms with Gasteiger partial charge in [0.15, 0.2) is 0 Å². The van der Waals surface area contributed by atoms with Crippen molar-refractivity contribution < 1.29 is 33.5 Å². The number of carbonyl (C=O) groups is 2. The van der Waals surface area contributed by atoms with Gasteiger partial charge in [-0.1, -0.05) is 6.07 Å². The molecule has 32 heavy (non-hydrogen) atoms. The van der Waals surface area contributed by atoms with Crippen LogP contribution in [0.3, 0.4) is 0 Å². The molecule has 0 saturated heterocycles. The smallest absolute Gasteiger partial charge is 0.466 e. The van der Waals surface area contributed by atoms with Crippen LogP contribution in [0, 0.1) is 17.0 Å². The fourth-order valence-corrected chi connectivity index (χ4v) is 3.14. The lowest BCUT2D eigenvalue weighted by Crippen LogP contribution is -2.31. The number of rotatable bonds is 8. The Hall–Kier alpha value is -3.99. The predicted molar refractivity (Wildman–Crippen MR) is 111 cm³/mol. The molecule has 1 atom stereocenters. The van der Waals surface area contributed by atoms with Crippen molar-refractivity contribution in [3.63, 3.8) is 0 Å². The minimum atomic E-state index is -1.25. The molecule has 0 aliphatic carbocycles. The Morgan fingerprint density at radius 2 is 1.91 bits per heavy atom. The van der Waals surface area contributed by atoms with Crippen LogP contribution >= 0.6 is 0 Å². The second kappa shape index (κ2) is 9.88. The van der Waals surface area contributed by atoms with Gasteiger partial charge in [-0.2, -0.15) is 5.10 Å². The number of non-ortho nitro benzene ring substituents is 1. The first kappa shape index (κ1) is 22.7. The number of nitro groups is 1. The lowest BCUT2D eigenvalue weighted by Gasteiger charge is -2.16. The van der Waals surface area contributed by atoms with Crippen LogP contribution < -0.4 is 4.74 Å². The molecule has 2 aromatic carbocycles. The highest BCUT2D eigenvalue weighted by molar-refractivity contribution is 5.83. The van der Waals surface area contributed by atoms with E-state index >= 15 is 0 Å². The highest BCUT2D eigenvalue weighted by Gasteiger charge is 2.26. The largest absolute Gasteiger partial charge is 0.514 e. The van der Waals surface area contributed by atoms with E-state index in [0.29, 0.717) is 6.73 Å². The number of benzene rings is 2. The molecule has 0 saturated carbocycles. The molecular weight excluding hydrogens is 422 g/mol. The Morgan fingerprint density at radius 1 is 1.19 bits per heavy atom. The zero-order valence-electron chi connectivity index (χ0n) is 17.6. The molecule has 11 heteroatoms. The second-order valence-electron chi connectivity index (χ2n) is 6.87. The molecule has 0 fully saturated rings. The quantitative estimate of drug-likeness (QED) is 0.223. The Balaban J connectivity index is 1.74.